The van der Waals surface area contributed by atoms with E-state index in [1.165, 1.54) is 32.6 Å². The second-order valence-corrected chi connectivity index (χ2v) is 2.81. The summed E-state index contributed by atoms with van der Waals surface area (Å²) >= 11 is 0. The summed E-state index contributed by atoms with van der Waals surface area (Å²) in [5.74, 6) is 0. The molecule has 0 spiro atoms. The summed E-state index contributed by atoms with van der Waals surface area (Å²) in [4.78, 5) is 0. The Morgan fingerprint density at radius 1 is 1.67 bits per heavy atom. The Morgan fingerprint density at radius 2 is 2.50 bits per heavy atom. The molecule has 0 bridgehead atoms. The smallest absolute Gasteiger partial charge is 0.0122 e. The Hall–Kier alpha value is 0.130. The molecule has 34 valence electrons. The van der Waals surface area contributed by atoms with E-state index < -0.39 is 0 Å². The molecule has 0 saturated carbocycles. The van der Waals surface area contributed by atoms with Crippen molar-refractivity contribution >= 4 is 13.6 Å². The highest BCUT2D eigenvalue weighted by Gasteiger charge is 1.96. The van der Waals surface area contributed by atoms with Gasteiger partial charge in [0.2, 0.25) is 0 Å². The molecule has 0 unspecified atom stereocenters. The first-order valence-corrected chi connectivity index (χ1v) is 3.26. The fourth-order valence-electron chi connectivity index (χ4n) is 0.562. The molecule has 0 fully saturated rings. The molecule has 2 N–H and O–H groups in total. The second kappa shape index (κ2) is 1.72. The monoisotopic (exact) mass is 101 g/mol. The lowest BCUT2D eigenvalue weighted by Gasteiger charge is -1.79. The third-order valence-electron chi connectivity index (χ3n) is 0.906. The van der Waals surface area contributed by atoms with Gasteiger partial charge in [0.25, 0.3) is 0 Å². The minimum absolute atomic E-state index is 1.17. The van der Waals surface area contributed by atoms with Gasteiger partial charge in [-0.15, -0.1) is 0 Å². The van der Waals surface area contributed by atoms with Crippen LogP contribution in [0.4, 0.5) is 0 Å². The lowest BCUT2D eigenvalue weighted by molar-refractivity contribution is 1.03. The van der Waals surface area contributed by atoms with Crippen LogP contribution in [0.3, 0.4) is 0 Å². The largest absolute Gasteiger partial charge is 0.302 e. The quantitative estimate of drug-likeness (QED) is 0.449. The van der Waals surface area contributed by atoms with E-state index in [4.69, 9.17) is 5.73 Å². The van der Waals surface area contributed by atoms with Gasteiger partial charge in [0.1, 0.15) is 0 Å². The molecule has 6 heavy (non-hydrogen) atoms. The summed E-state index contributed by atoms with van der Waals surface area (Å²) < 4.78 is 0. The van der Waals surface area contributed by atoms with Gasteiger partial charge in [0.15, 0.2) is 0 Å². The van der Waals surface area contributed by atoms with Crippen LogP contribution in [0.1, 0.15) is 12.8 Å². The molecule has 1 aliphatic rings. The SMILES string of the molecule is NC1=PCCC1. The molecule has 0 aromatic carbocycles. The first-order chi connectivity index (χ1) is 2.89. The van der Waals surface area contributed by atoms with E-state index in [0.717, 1.165) is 0 Å². The van der Waals surface area contributed by atoms with Crippen molar-refractivity contribution in [2.24, 2.45) is 5.73 Å². The Labute approximate surface area is 39.3 Å². The van der Waals surface area contributed by atoms with E-state index in [0.29, 0.717) is 0 Å². The topological polar surface area (TPSA) is 26.0 Å². The second-order valence-electron chi connectivity index (χ2n) is 1.48. The number of hydrogen-bond acceptors (Lipinski definition) is 1. The maximum atomic E-state index is 5.44. The summed E-state index contributed by atoms with van der Waals surface area (Å²) in [7, 11) is 1.38. The fourth-order valence-corrected chi connectivity index (χ4v) is 1.48. The van der Waals surface area contributed by atoms with Gasteiger partial charge in [0, 0.05) is 5.42 Å². The van der Waals surface area contributed by atoms with Gasteiger partial charge in [-0.05, 0) is 19.0 Å². The Balaban J connectivity index is 2.45. The normalized spacial score (nSPS) is 23.8. The van der Waals surface area contributed by atoms with Crippen LogP contribution < -0.4 is 5.73 Å². The van der Waals surface area contributed by atoms with E-state index >= 15 is 0 Å². The summed E-state index contributed by atoms with van der Waals surface area (Å²) in [5, 5.41) is 0. The molecular weight excluding hydrogens is 93.0 g/mol. The molecule has 1 aliphatic heterocycles. The molecule has 0 aliphatic carbocycles. The average Bonchev–Trinajstić information content (AvgIpc) is 1.86. The molecule has 0 saturated heterocycles. The van der Waals surface area contributed by atoms with Crippen LogP contribution in [0, 0.1) is 0 Å². The fraction of sp³-hybridized carbons (Fsp3) is 0.750. The van der Waals surface area contributed by atoms with Crippen molar-refractivity contribution in [1.82, 2.24) is 0 Å². The summed E-state index contributed by atoms with van der Waals surface area (Å²) in [6, 6.07) is 0. The molecule has 2 heteroatoms. The number of hydrogen-bond donors (Lipinski definition) is 1. The number of nitrogens with two attached hydrogens (primary N) is 1. The maximum Gasteiger partial charge on any atom is 0.0122 e. The molecule has 1 nitrogen and oxygen atoms in total. The zero-order valence-electron chi connectivity index (χ0n) is 3.65. The molecule has 1 heterocycles. The van der Waals surface area contributed by atoms with Crippen molar-refractivity contribution in [3.05, 3.63) is 0 Å². The van der Waals surface area contributed by atoms with Gasteiger partial charge < -0.3 is 5.73 Å². The van der Waals surface area contributed by atoms with Crippen molar-refractivity contribution in [3.63, 3.8) is 0 Å². The van der Waals surface area contributed by atoms with Crippen LogP contribution in [-0.2, 0) is 0 Å². The Bertz CT molecular complexity index is 77.6. The first kappa shape index (κ1) is 4.29. The standard InChI is InChI=1S/C4H8NP/c5-4-2-1-3-6-4/h1-3,5H2. The van der Waals surface area contributed by atoms with Crippen molar-refractivity contribution < 1.29 is 0 Å². The highest BCUT2D eigenvalue weighted by Crippen LogP contribution is 2.12. The first-order valence-electron chi connectivity index (χ1n) is 2.18. The minimum Gasteiger partial charge on any atom is -0.302 e. The average molecular weight is 101 g/mol. The third-order valence-corrected chi connectivity index (χ3v) is 2.08. The summed E-state index contributed by atoms with van der Waals surface area (Å²) in [6.45, 7) is 0. The maximum absolute atomic E-state index is 5.44. The molecule has 0 aromatic heterocycles. The van der Waals surface area contributed by atoms with Crippen molar-refractivity contribution in [1.29, 1.82) is 0 Å². The van der Waals surface area contributed by atoms with Crippen LogP contribution in [-0.4, -0.2) is 11.6 Å². The van der Waals surface area contributed by atoms with Crippen LogP contribution in [0.5, 0.6) is 0 Å². The van der Waals surface area contributed by atoms with Gasteiger partial charge in [-0.1, -0.05) is 8.20 Å². The summed E-state index contributed by atoms with van der Waals surface area (Å²) in [5.41, 5.74) is 6.61. The van der Waals surface area contributed by atoms with Crippen molar-refractivity contribution in [3.8, 4) is 0 Å². The predicted octanol–water partition coefficient (Wildman–Crippen LogP) is 0.815. The molecule has 0 amide bonds. The van der Waals surface area contributed by atoms with Gasteiger partial charge in [0.05, 0.1) is 0 Å². The van der Waals surface area contributed by atoms with E-state index in [1.807, 2.05) is 0 Å². The van der Waals surface area contributed by atoms with E-state index in [9.17, 15) is 0 Å². The lowest BCUT2D eigenvalue weighted by atomic mass is 10.3. The molecule has 1 rings (SSSR count). The zero-order chi connectivity index (χ0) is 4.41. The highest BCUT2D eigenvalue weighted by molar-refractivity contribution is 7.40. The van der Waals surface area contributed by atoms with Gasteiger partial charge in [-0.25, -0.2) is 0 Å². The van der Waals surface area contributed by atoms with Crippen LogP contribution >= 0.6 is 8.20 Å². The Morgan fingerprint density at radius 3 is 2.67 bits per heavy atom. The number of rotatable bonds is 0. The van der Waals surface area contributed by atoms with Crippen molar-refractivity contribution in [2.75, 3.05) is 6.16 Å². The zero-order valence-corrected chi connectivity index (χ0v) is 4.54. The molecule has 0 aromatic rings. The molecule has 0 atom stereocenters. The van der Waals surface area contributed by atoms with E-state index in [1.54, 1.807) is 0 Å². The minimum atomic E-state index is 1.17. The van der Waals surface area contributed by atoms with Crippen LogP contribution in [0.2, 0.25) is 0 Å². The predicted molar refractivity (Wildman–Crippen MR) is 30.2 cm³/mol. The van der Waals surface area contributed by atoms with E-state index in [2.05, 4.69) is 0 Å². The Kier molecular flexibility index (Phi) is 1.23. The van der Waals surface area contributed by atoms with Crippen LogP contribution in [0.25, 0.3) is 0 Å². The highest BCUT2D eigenvalue weighted by atomic mass is 31.1. The van der Waals surface area contributed by atoms with Gasteiger partial charge >= 0.3 is 0 Å². The van der Waals surface area contributed by atoms with Gasteiger partial charge in [-0.2, -0.15) is 0 Å². The molecule has 0 radical (unpaired) electrons. The van der Waals surface area contributed by atoms with Gasteiger partial charge in [-0.3, -0.25) is 0 Å². The lowest BCUT2D eigenvalue weighted by Crippen LogP contribution is -2.03. The van der Waals surface area contributed by atoms with Crippen molar-refractivity contribution in [2.45, 2.75) is 12.8 Å². The summed E-state index contributed by atoms with van der Waals surface area (Å²) in [6.07, 6.45) is 3.78. The van der Waals surface area contributed by atoms with E-state index in [-0.39, 0.29) is 0 Å². The third kappa shape index (κ3) is 0.796. The van der Waals surface area contributed by atoms with Crippen LogP contribution in [0.15, 0.2) is 0 Å². The molecular formula is C4H8NP.